The molecule has 0 radical (unpaired) electrons. The predicted octanol–water partition coefficient (Wildman–Crippen LogP) is 2.99. The number of fused-ring (bicyclic) bond motifs is 1. The number of nitrogens with zero attached hydrogens (tertiary/aromatic N) is 5. The molecule has 7 nitrogen and oxygen atoms in total. The first-order valence-electron chi connectivity index (χ1n) is 7.56. The van der Waals surface area contributed by atoms with Crippen LogP contribution in [0.2, 0.25) is 0 Å². The van der Waals surface area contributed by atoms with Crippen molar-refractivity contribution in [3.8, 4) is 0 Å². The molecule has 3 heterocycles. The summed E-state index contributed by atoms with van der Waals surface area (Å²) < 4.78 is 4.32. The average molecular weight is 397 g/mol. The van der Waals surface area contributed by atoms with E-state index in [0.717, 1.165) is 10.0 Å². The van der Waals surface area contributed by atoms with Gasteiger partial charge in [0.1, 0.15) is 5.56 Å². The zero-order chi connectivity index (χ0) is 17.2. The molecule has 0 unspecified atom stereocenters. The van der Waals surface area contributed by atoms with Crippen LogP contribution in [0.3, 0.4) is 0 Å². The van der Waals surface area contributed by atoms with Gasteiger partial charge in [-0.2, -0.15) is 10.2 Å². The first-order valence-corrected chi connectivity index (χ1v) is 8.35. The van der Waals surface area contributed by atoms with Gasteiger partial charge in [-0.3, -0.25) is 9.48 Å². The molecule has 0 saturated heterocycles. The van der Waals surface area contributed by atoms with Gasteiger partial charge in [-0.25, -0.2) is 9.50 Å². The van der Waals surface area contributed by atoms with Gasteiger partial charge >= 0.3 is 0 Å². The van der Waals surface area contributed by atoms with Gasteiger partial charge in [0, 0.05) is 24.3 Å². The van der Waals surface area contributed by atoms with Crippen molar-refractivity contribution >= 4 is 33.2 Å². The van der Waals surface area contributed by atoms with Crippen molar-refractivity contribution in [1.29, 1.82) is 0 Å². The third kappa shape index (κ3) is 3.29. The fourth-order valence-corrected chi connectivity index (χ4v) is 2.87. The van der Waals surface area contributed by atoms with Gasteiger partial charge in [0.05, 0.1) is 23.4 Å². The van der Waals surface area contributed by atoms with Crippen molar-refractivity contribution < 1.29 is 4.79 Å². The predicted molar refractivity (Wildman–Crippen MR) is 96.4 cm³/mol. The first kappa shape index (κ1) is 15.5. The van der Waals surface area contributed by atoms with E-state index < -0.39 is 0 Å². The second-order valence-corrected chi connectivity index (χ2v) is 6.37. The minimum absolute atomic E-state index is 0.243. The number of amides is 1. The van der Waals surface area contributed by atoms with Crippen molar-refractivity contribution in [3.63, 3.8) is 0 Å². The Bertz CT molecular complexity index is 1050. The molecular weight excluding hydrogens is 384 g/mol. The number of carbonyl (C=O) groups is 1. The van der Waals surface area contributed by atoms with Crippen molar-refractivity contribution in [2.75, 3.05) is 5.32 Å². The number of benzene rings is 1. The van der Waals surface area contributed by atoms with E-state index in [2.05, 4.69) is 36.4 Å². The molecular formula is C17H13BrN6O. The molecule has 0 aliphatic rings. The number of hydrogen-bond donors (Lipinski definition) is 1. The van der Waals surface area contributed by atoms with Crippen LogP contribution < -0.4 is 5.32 Å². The summed E-state index contributed by atoms with van der Waals surface area (Å²) in [5.74, 6) is -0.243. The Morgan fingerprint density at radius 1 is 1.20 bits per heavy atom. The Balaban J connectivity index is 1.54. The lowest BCUT2D eigenvalue weighted by molar-refractivity contribution is 0.102. The van der Waals surface area contributed by atoms with Gasteiger partial charge in [-0.05, 0) is 39.7 Å². The van der Waals surface area contributed by atoms with Gasteiger partial charge in [0.25, 0.3) is 5.91 Å². The number of carbonyl (C=O) groups excluding carboxylic acids is 1. The molecule has 0 atom stereocenters. The molecule has 0 spiro atoms. The van der Waals surface area contributed by atoms with Crippen molar-refractivity contribution in [2.24, 2.45) is 0 Å². The van der Waals surface area contributed by atoms with Crippen molar-refractivity contribution in [1.82, 2.24) is 24.4 Å². The quantitative estimate of drug-likeness (QED) is 0.575. The smallest absolute Gasteiger partial charge is 0.261 e. The van der Waals surface area contributed by atoms with Gasteiger partial charge < -0.3 is 5.32 Å². The number of hydrogen-bond acceptors (Lipinski definition) is 4. The molecule has 8 heteroatoms. The third-order valence-corrected chi connectivity index (χ3v) is 4.06. The Kier molecular flexibility index (Phi) is 4.02. The molecule has 4 rings (SSSR count). The standard InChI is InChI=1S/C17H13BrN6O/c18-13-8-20-23(11-13)10-12-3-1-4-14(7-12)22-17(25)15-9-21-24-6-2-5-19-16(15)24/h1-9,11H,10H2,(H,22,25). The van der Waals surface area contributed by atoms with Crippen LogP contribution in [-0.2, 0) is 6.54 Å². The van der Waals surface area contributed by atoms with Gasteiger partial charge in [0.15, 0.2) is 5.65 Å². The van der Waals surface area contributed by atoms with E-state index in [0.29, 0.717) is 23.4 Å². The summed E-state index contributed by atoms with van der Waals surface area (Å²) in [6.07, 6.45) is 8.54. The highest BCUT2D eigenvalue weighted by molar-refractivity contribution is 9.10. The number of aromatic nitrogens is 5. The van der Waals surface area contributed by atoms with Crippen LogP contribution in [0.25, 0.3) is 5.65 Å². The number of nitrogens with one attached hydrogen (secondary N) is 1. The Morgan fingerprint density at radius 3 is 2.96 bits per heavy atom. The van der Waals surface area contributed by atoms with Crippen LogP contribution in [0.4, 0.5) is 5.69 Å². The molecule has 1 aromatic carbocycles. The van der Waals surface area contributed by atoms with E-state index in [4.69, 9.17) is 0 Å². The summed E-state index contributed by atoms with van der Waals surface area (Å²) in [6, 6.07) is 9.42. The molecule has 1 amide bonds. The topological polar surface area (TPSA) is 77.1 Å². The molecule has 124 valence electrons. The maximum Gasteiger partial charge on any atom is 0.261 e. The van der Waals surface area contributed by atoms with Crippen molar-refractivity contribution in [3.05, 3.63) is 76.9 Å². The van der Waals surface area contributed by atoms with Gasteiger partial charge in [0.2, 0.25) is 0 Å². The second-order valence-electron chi connectivity index (χ2n) is 5.46. The summed E-state index contributed by atoms with van der Waals surface area (Å²) >= 11 is 3.38. The zero-order valence-corrected chi connectivity index (χ0v) is 14.6. The molecule has 0 bridgehead atoms. The lowest BCUT2D eigenvalue weighted by Gasteiger charge is -2.07. The lowest BCUT2D eigenvalue weighted by atomic mass is 10.2. The van der Waals surface area contributed by atoms with Crippen LogP contribution in [0.5, 0.6) is 0 Å². The summed E-state index contributed by atoms with van der Waals surface area (Å²) in [6.45, 7) is 0.619. The fraction of sp³-hybridized carbons (Fsp3) is 0.0588. The maximum atomic E-state index is 12.5. The molecule has 0 aliphatic carbocycles. The Labute approximate surface area is 151 Å². The molecule has 3 aromatic heterocycles. The molecule has 1 N–H and O–H groups in total. The normalized spacial score (nSPS) is 10.9. The summed E-state index contributed by atoms with van der Waals surface area (Å²) in [7, 11) is 0. The summed E-state index contributed by atoms with van der Waals surface area (Å²) in [5.41, 5.74) is 2.70. The minimum atomic E-state index is -0.243. The molecule has 25 heavy (non-hydrogen) atoms. The Morgan fingerprint density at radius 2 is 2.12 bits per heavy atom. The van der Waals surface area contributed by atoms with Crippen molar-refractivity contribution in [2.45, 2.75) is 6.54 Å². The fourth-order valence-electron chi connectivity index (χ4n) is 2.55. The zero-order valence-electron chi connectivity index (χ0n) is 13.0. The highest BCUT2D eigenvalue weighted by Gasteiger charge is 2.13. The second kappa shape index (κ2) is 6.48. The van der Waals surface area contributed by atoms with E-state index in [1.807, 2.05) is 35.1 Å². The van der Waals surface area contributed by atoms with E-state index >= 15 is 0 Å². The van der Waals surface area contributed by atoms with E-state index in [-0.39, 0.29) is 5.91 Å². The molecule has 4 aromatic rings. The highest BCUT2D eigenvalue weighted by atomic mass is 79.9. The first-order chi connectivity index (χ1) is 12.2. The lowest BCUT2D eigenvalue weighted by Crippen LogP contribution is -2.12. The number of anilines is 1. The van der Waals surface area contributed by atoms with Gasteiger partial charge in [-0.1, -0.05) is 12.1 Å². The largest absolute Gasteiger partial charge is 0.322 e. The average Bonchev–Trinajstić information content (AvgIpc) is 3.21. The number of rotatable bonds is 4. The summed E-state index contributed by atoms with van der Waals surface area (Å²) in [5, 5.41) is 11.3. The highest BCUT2D eigenvalue weighted by Crippen LogP contribution is 2.16. The third-order valence-electron chi connectivity index (χ3n) is 3.66. The monoisotopic (exact) mass is 396 g/mol. The van der Waals surface area contributed by atoms with Crippen LogP contribution in [0.15, 0.2) is 65.8 Å². The van der Waals surface area contributed by atoms with E-state index in [1.165, 1.54) is 6.20 Å². The van der Waals surface area contributed by atoms with E-state index in [1.54, 1.807) is 29.2 Å². The van der Waals surface area contributed by atoms with Crippen LogP contribution in [-0.4, -0.2) is 30.3 Å². The maximum absolute atomic E-state index is 12.5. The molecule has 0 fully saturated rings. The van der Waals surface area contributed by atoms with Crippen LogP contribution in [0.1, 0.15) is 15.9 Å². The summed E-state index contributed by atoms with van der Waals surface area (Å²) in [4.78, 5) is 16.7. The van der Waals surface area contributed by atoms with Gasteiger partial charge in [-0.15, -0.1) is 0 Å². The number of halogens is 1. The van der Waals surface area contributed by atoms with Crippen LogP contribution >= 0.6 is 15.9 Å². The van der Waals surface area contributed by atoms with Crippen LogP contribution in [0, 0.1) is 0 Å². The SMILES string of the molecule is O=C(Nc1cccc(Cn2cc(Br)cn2)c1)c1cnn2cccnc12. The molecule has 0 aliphatic heterocycles. The van der Waals surface area contributed by atoms with E-state index in [9.17, 15) is 4.79 Å². The minimum Gasteiger partial charge on any atom is -0.322 e. The Hall–Kier alpha value is -3.00. The molecule has 0 saturated carbocycles.